The van der Waals surface area contributed by atoms with Gasteiger partial charge in [0, 0.05) is 30.2 Å². The van der Waals surface area contributed by atoms with Gasteiger partial charge in [-0.2, -0.15) is 0 Å². The fraction of sp³-hybridized carbons (Fsp3) is 0.417. The van der Waals surface area contributed by atoms with Crippen molar-refractivity contribution in [2.75, 3.05) is 19.7 Å². The molecule has 2 aromatic rings. The van der Waals surface area contributed by atoms with Crippen LogP contribution in [0.2, 0.25) is 5.02 Å². The second-order valence-corrected chi connectivity index (χ2v) is 8.60. The van der Waals surface area contributed by atoms with Crippen LogP contribution in [0.5, 0.6) is 5.75 Å². The van der Waals surface area contributed by atoms with E-state index in [-0.39, 0.29) is 17.7 Å². The molecule has 1 unspecified atom stereocenters. The van der Waals surface area contributed by atoms with Gasteiger partial charge in [-0.1, -0.05) is 37.6 Å². The van der Waals surface area contributed by atoms with Gasteiger partial charge in [-0.05, 0) is 60.7 Å². The molecule has 2 aromatic carbocycles. The van der Waals surface area contributed by atoms with Crippen molar-refractivity contribution < 1.29 is 14.3 Å². The molecule has 0 bridgehead atoms. The smallest absolute Gasteiger partial charge is 0.253 e. The Hall–Kier alpha value is -2.53. The predicted molar refractivity (Wildman–Crippen MR) is 119 cm³/mol. The van der Waals surface area contributed by atoms with E-state index in [1.54, 1.807) is 29.2 Å². The second-order valence-electron chi connectivity index (χ2n) is 8.16. The highest BCUT2D eigenvalue weighted by Crippen LogP contribution is 2.20. The van der Waals surface area contributed by atoms with Crippen molar-refractivity contribution in [3.8, 4) is 5.75 Å². The van der Waals surface area contributed by atoms with E-state index in [2.05, 4.69) is 19.2 Å². The normalized spacial score (nSPS) is 16.4. The predicted octanol–water partition coefficient (Wildman–Crippen LogP) is 4.54. The first-order chi connectivity index (χ1) is 14.4. The Balaban J connectivity index is 1.50. The quantitative estimate of drug-likeness (QED) is 0.704. The molecule has 0 aliphatic carbocycles. The van der Waals surface area contributed by atoms with Gasteiger partial charge < -0.3 is 15.0 Å². The summed E-state index contributed by atoms with van der Waals surface area (Å²) in [5, 5.41) is 3.61. The summed E-state index contributed by atoms with van der Waals surface area (Å²) in [6.45, 7) is 6.48. The Kier molecular flexibility index (Phi) is 7.75. The Bertz CT molecular complexity index is 850. The molecule has 1 aliphatic rings. The minimum absolute atomic E-state index is 0.0104. The van der Waals surface area contributed by atoms with Crippen LogP contribution < -0.4 is 10.1 Å². The molecule has 0 spiro atoms. The molecule has 0 saturated carbocycles. The highest BCUT2D eigenvalue weighted by atomic mass is 35.5. The summed E-state index contributed by atoms with van der Waals surface area (Å²) in [6.07, 6.45) is 1.61. The lowest BCUT2D eigenvalue weighted by Gasteiger charge is -2.32. The summed E-state index contributed by atoms with van der Waals surface area (Å²) < 4.78 is 5.69. The summed E-state index contributed by atoms with van der Waals surface area (Å²) in [5.41, 5.74) is 1.62. The number of carbonyl (C=O) groups excluding carboxylic acids is 2. The first-order valence-electron chi connectivity index (χ1n) is 10.5. The lowest BCUT2D eigenvalue weighted by atomic mass is 9.96. The molecule has 1 saturated heterocycles. The molecule has 6 heteroatoms. The number of ether oxygens (including phenoxy) is 1. The number of benzene rings is 2. The third kappa shape index (κ3) is 6.23. The van der Waals surface area contributed by atoms with E-state index in [1.165, 1.54) is 0 Å². The topological polar surface area (TPSA) is 58.6 Å². The molecular formula is C24H29ClN2O3. The molecule has 1 heterocycles. The fourth-order valence-corrected chi connectivity index (χ4v) is 3.58. The van der Waals surface area contributed by atoms with Gasteiger partial charge in [0.1, 0.15) is 5.75 Å². The summed E-state index contributed by atoms with van der Waals surface area (Å²) in [4.78, 5) is 27.2. The molecule has 0 aromatic heterocycles. The monoisotopic (exact) mass is 428 g/mol. The average molecular weight is 429 g/mol. The molecule has 1 fully saturated rings. The number of likely N-dealkylation sites (tertiary alicyclic amines) is 1. The van der Waals surface area contributed by atoms with E-state index in [1.807, 2.05) is 24.3 Å². The first-order valence-corrected chi connectivity index (χ1v) is 10.8. The summed E-state index contributed by atoms with van der Waals surface area (Å²) in [7, 11) is 0. The molecule has 1 aliphatic heterocycles. The van der Waals surface area contributed by atoms with Crippen LogP contribution in [0.15, 0.2) is 48.5 Å². The third-order valence-corrected chi connectivity index (χ3v) is 5.40. The highest BCUT2D eigenvalue weighted by Gasteiger charge is 2.28. The zero-order valence-electron chi connectivity index (χ0n) is 17.6. The van der Waals surface area contributed by atoms with Crippen LogP contribution in [0.4, 0.5) is 0 Å². The summed E-state index contributed by atoms with van der Waals surface area (Å²) >= 11 is 5.90. The molecule has 2 amide bonds. The summed E-state index contributed by atoms with van der Waals surface area (Å²) in [6, 6.07) is 14.7. The van der Waals surface area contributed by atoms with Crippen LogP contribution in [0.25, 0.3) is 0 Å². The number of halogens is 1. The van der Waals surface area contributed by atoms with E-state index >= 15 is 0 Å². The van der Waals surface area contributed by atoms with E-state index in [9.17, 15) is 9.59 Å². The number of hydrogen-bond acceptors (Lipinski definition) is 3. The standard InChI is InChI=1S/C24H29ClN2O3/c1-17(2)16-30-22-11-5-18(6-12-22)14-26-23(28)20-4-3-13-27(15-20)24(29)19-7-9-21(25)10-8-19/h5-12,17,20H,3-4,13-16H2,1-2H3,(H,26,28). The molecule has 0 radical (unpaired) electrons. The molecule has 1 N–H and O–H groups in total. The fourth-order valence-electron chi connectivity index (χ4n) is 3.45. The minimum atomic E-state index is -0.191. The van der Waals surface area contributed by atoms with Crippen molar-refractivity contribution in [2.45, 2.75) is 33.2 Å². The van der Waals surface area contributed by atoms with E-state index in [0.29, 0.717) is 42.7 Å². The largest absolute Gasteiger partial charge is 0.493 e. The van der Waals surface area contributed by atoms with Crippen LogP contribution in [-0.2, 0) is 11.3 Å². The SMILES string of the molecule is CC(C)COc1ccc(CNC(=O)C2CCCN(C(=O)c3ccc(Cl)cc3)C2)cc1. The van der Waals surface area contributed by atoms with Gasteiger partial charge in [0.25, 0.3) is 5.91 Å². The molecular weight excluding hydrogens is 400 g/mol. The van der Waals surface area contributed by atoms with Gasteiger partial charge in [-0.3, -0.25) is 9.59 Å². The highest BCUT2D eigenvalue weighted by molar-refractivity contribution is 6.30. The molecule has 5 nitrogen and oxygen atoms in total. The van der Waals surface area contributed by atoms with Crippen molar-refractivity contribution in [1.29, 1.82) is 0 Å². The number of hydrogen-bond donors (Lipinski definition) is 1. The number of carbonyl (C=O) groups is 2. The maximum absolute atomic E-state index is 12.7. The zero-order valence-corrected chi connectivity index (χ0v) is 18.3. The average Bonchev–Trinajstić information content (AvgIpc) is 2.77. The Morgan fingerprint density at radius 3 is 2.50 bits per heavy atom. The lowest BCUT2D eigenvalue weighted by molar-refractivity contribution is -0.126. The van der Waals surface area contributed by atoms with Crippen molar-refractivity contribution in [3.63, 3.8) is 0 Å². The lowest BCUT2D eigenvalue weighted by Crippen LogP contribution is -2.45. The van der Waals surface area contributed by atoms with Gasteiger partial charge in [-0.15, -0.1) is 0 Å². The Morgan fingerprint density at radius 1 is 1.13 bits per heavy atom. The van der Waals surface area contributed by atoms with E-state index in [0.717, 1.165) is 24.2 Å². The summed E-state index contributed by atoms with van der Waals surface area (Å²) in [5.74, 6) is 1.06. The van der Waals surface area contributed by atoms with Gasteiger partial charge in [0.05, 0.1) is 12.5 Å². The molecule has 1 atom stereocenters. The molecule has 160 valence electrons. The zero-order chi connectivity index (χ0) is 21.5. The maximum atomic E-state index is 12.7. The second kappa shape index (κ2) is 10.5. The van der Waals surface area contributed by atoms with E-state index < -0.39 is 0 Å². The Morgan fingerprint density at radius 2 is 1.83 bits per heavy atom. The van der Waals surface area contributed by atoms with Crippen molar-refractivity contribution in [3.05, 3.63) is 64.7 Å². The number of rotatable bonds is 7. The van der Waals surface area contributed by atoms with Gasteiger partial charge in [0.15, 0.2) is 0 Å². The number of amides is 2. The van der Waals surface area contributed by atoms with Gasteiger partial charge in [0.2, 0.25) is 5.91 Å². The number of piperidine rings is 1. The van der Waals surface area contributed by atoms with Crippen molar-refractivity contribution in [2.24, 2.45) is 11.8 Å². The van der Waals surface area contributed by atoms with Crippen molar-refractivity contribution >= 4 is 23.4 Å². The number of nitrogens with one attached hydrogen (secondary N) is 1. The maximum Gasteiger partial charge on any atom is 0.253 e. The molecule has 3 rings (SSSR count). The third-order valence-electron chi connectivity index (χ3n) is 5.14. The van der Waals surface area contributed by atoms with Gasteiger partial charge in [-0.25, -0.2) is 0 Å². The minimum Gasteiger partial charge on any atom is -0.493 e. The first kappa shape index (κ1) is 22.2. The van der Waals surface area contributed by atoms with Gasteiger partial charge >= 0.3 is 0 Å². The van der Waals surface area contributed by atoms with Crippen LogP contribution in [0.1, 0.15) is 42.6 Å². The van der Waals surface area contributed by atoms with Crippen LogP contribution in [-0.4, -0.2) is 36.4 Å². The van der Waals surface area contributed by atoms with Crippen LogP contribution in [0.3, 0.4) is 0 Å². The van der Waals surface area contributed by atoms with E-state index in [4.69, 9.17) is 16.3 Å². The number of nitrogens with zero attached hydrogens (tertiary/aromatic N) is 1. The Labute approximate surface area is 183 Å². The van der Waals surface area contributed by atoms with Crippen LogP contribution in [0, 0.1) is 11.8 Å². The van der Waals surface area contributed by atoms with Crippen molar-refractivity contribution in [1.82, 2.24) is 10.2 Å². The molecule has 30 heavy (non-hydrogen) atoms. The van der Waals surface area contributed by atoms with Crippen LogP contribution >= 0.6 is 11.6 Å².